The van der Waals surface area contributed by atoms with Crippen molar-refractivity contribution in [2.24, 2.45) is 0 Å². The Labute approximate surface area is 134 Å². The van der Waals surface area contributed by atoms with E-state index in [1.807, 2.05) is 44.2 Å². The Balaban J connectivity index is 2.12. The SMILES string of the molecule is CC(C)Oc1ccc(Cl)cc1C(=O)CSc1ccccc1. The Hall–Kier alpha value is -1.45. The van der Waals surface area contributed by atoms with Gasteiger partial charge in [0.25, 0.3) is 0 Å². The molecule has 0 saturated heterocycles. The van der Waals surface area contributed by atoms with E-state index in [2.05, 4.69) is 0 Å². The Bertz CT molecular complexity index is 611. The van der Waals surface area contributed by atoms with Crippen LogP contribution in [-0.2, 0) is 0 Å². The normalized spacial score (nSPS) is 10.7. The molecule has 0 aliphatic carbocycles. The lowest BCUT2D eigenvalue weighted by atomic mass is 10.1. The lowest BCUT2D eigenvalue weighted by molar-refractivity contribution is 0.101. The number of hydrogen-bond donors (Lipinski definition) is 0. The summed E-state index contributed by atoms with van der Waals surface area (Å²) in [7, 11) is 0. The zero-order chi connectivity index (χ0) is 15.2. The van der Waals surface area contributed by atoms with Gasteiger partial charge < -0.3 is 4.74 Å². The van der Waals surface area contributed by atoms with Crippen molar-refractivity contribution in [2.75, 3.05) is 5.75 Å². The minimum Gasteiger partial charge on any atom is -0.490 e. The van der Waals surface area contributed by atoms with Crippen molar-refractivity contribution in [1.82, 2.24) is 0 Å². The summed E-state index contributed by atoms with van der Waals surface area (Å²) in [5.41, 5.74) is 0.541. The highest BCUT2D eigenvalue weighted by molar-refractivity contribution is 8.00. The lowest BCUT2D eigenvalue weighted by Gasteiger charge is -2.14. The first-order valence-electron chi connectivity index (χ1n) is 6.73. The summed E-state index contributed by atoms with van der Waals surface area (Å²) in [6, 6.07) is 15.0. The Morgan fingerprint density at radius 1 is 1.19 bits per heavy atom. The highest BCUT2D eigenvalue weighted by Gasteiger charge is 2.14. The van der Waals surface area contributed by atoms with Crippen LogP contribution < -0.4 is 4.74 Å². The summed E-state index contributed by atoms with van der Waals surface area (Å²) in [6.45, 7) is 3.86. The summed E-state index contributed by atoms with van der Waals surface area (Å²) in [6.07, 6.45) is 0.0134. The number of thioether (sulfide) groups is 1. The van der Waals surface area contributed by atoms with Crippen LogP contribution in [0.4, 0.5) is 0 Å². The Kier molecular flexibility index (Phi) is 5.71. The molecule has 0 unspecified atom stereocenters. The van der Waals surface area contributed by atoms with Crippen LogP contribution in [0.25, 0.3) is 0 Å². The smallest absolute Gasteiger partial charge is 0.176 e. The second-order valence-electron chi connectivity index (χ2n) is 4.83. The minimum absolute atomic E-state index is 0.0134. The van der Waals surface area contributed by atoms with E-state index in [1.54, 1.807) is 18.2 Å². The van der Waals surface area contributed by atoms with Crippen molar-refractivity contribution >= 4 is 29.1 Å². The van der Waals surface area contributed by atoms with E-state index >= 15 is 0 Å². The van der Waals surface area contributed by atoms with Gasteiger partial charge in [0.1, 0.15) is 5.75 Å². The fraction of sp³-hybridized carbons (Fsp3) is 0.235. The number of carbonyl (C=O) groups excluding carboxylic acids is 1. The van der Waals surface area contributed by atoms with Gasteiger partial charge in [-0.05, 0) is 44.2 Å². The van der Waals surface area contributed by atoms with Crippen LogP contribution in [0.15, 0.2) is 53.4 Å². The molecular weight excluding hydrogens is 304 g/mol. The molecule has 2 nitrogen and oxygen atoms in total. The van der Waals surface area contributed by atoms with Gasteiger partial charge in [-0.2, -0.15) is 0 Å². The molecule has 4 heteroatoms. The second kappa shape index (κ2) is 7.53. The molecule has 2 aromatic carbocycles. The fourth-order valence-electron chi connectivity index (χ4n) is 1.82. The zero-order valence-electron chi connectivity index (χ0n) is 12.0. The first kappa shape index (κ1) is 15.9. The minimum atomic E-state index is 0.0134. The van der Waals surface area contributed by atoms with Gasteiger partial charge in [-0.15, -0.1) is 11.8 Å². The van der Waals surface area contributed by atoms with E-state index in [0.717, 1.165) is 4.90 Å². The molecule has 0 aromatic heterocycles. The largest absolute Gasteiger partial charge is 0.490 e. The Morgan fingerprint density at radius 3 is 2.57 bits per heavy atom. The predicted octanol–water partition coefficient (Wildman–Crippen LogP) is 5.10. The van der Waals surface area contributed by atoms with E-state index in [9.17, 15) is 4.79 Å². The molecule has 0 N–H and O–H groups in total. The summed E-state index contributed by atoms with van der Waals surface area (Å²) in [5.74, 6) is 0.966. The molecule has 0 spiro atoms. The number of rotatable bonds is 6. The van der Waals surface area contributed by atoms with E-state index in [1.165, 1.54) is 11.8 Å². The third-order valence-corrected chi connectivity index (χ3v) is 3.96. The number of ether oxygens (including phenoxy) is 1. The summed E-state index contributed by atoms with van der Waals surface area (Å²) < 4.78 is 5.68. The van der Waals surface area contributed by atoms with Crippen molar-refractivity contribution in [1.29, 1.82) is 0 Å². The first-order valence-corrected chi connectivity index (χ1v) is 8.10. The van der Waals surface area contributed by atoms with Crippen LogP contribution in [0.5, 0.6) is 5.75 Å². The molecule has 0 bridgehead atoms. The van der Waals surface area contributed by atoms with E-state index in [-0.39, 0.29) is 11.9 Å². The number of hydrogen-bond acceptors (Lipinski definition) is 3. The molecule has 2 rings (SSSR count). The monoisotopic (exact) mass is 320 g/mol. The van der Waals surface area contributed by atoms with Crippen LogP contribution in [-0.4, -0.2) is 17.6 Å². The maximum atomic E-state index is 12.4. The van der Waals surface area contributed by atoms with Crippen LogP contribution in [0.3, 0.4) is 0 Å². The highest BCUT2D eigenvalue weighted by atomic mass is 35.5. The molecular formula is C17H17ClO2S. The summed E-state index contributed by atoms with van der Waals surface area (Å²) in [4.78, 5) is 13.5. The number of Topliss-reactive ketones (excluding diaryl/α,β-unsaturated/α-hetero) is 1. The molecule has 2 aromatic rings. The molecule has 0 amide bonds. The van der Waals surface area contributed by atoms with Crippen molar-refractivity contribution in [3.8, 4) is 5.75 Å². The summed E-state index contributed by atoms with van der Waals surface area (Å²) in [5, 5.41) is 0.541. The number of carbonyl (C=O) groups is 1. The quantitative estimate of drug-likeness (QED) is 0.547. The maximum Gasteiger partial charge on any atom is 0.176 e. The van der Waals surface area contributed by atoms with Gasteiger partial charge in [0.05, 0.1) is 17.4 Å². The average Bonchev–Trinajstić information content (AvgIpc) is 2.47. The van der Waals surface area contributed by atoms with Gasteiger partial charge in [0, 0.05) is 9.92 Å². The molecule has 0 atom stereocenters. The number of halogens is 1. The average molecular weight is 321 g/mol. The van der Waals surface area contributed by atoms with E-state index in [0.29, 0.717) is 22.1 Å². The standard InChI is InChI=1S/C17H17ClO2S/c1-12(2)20-17-9-8-13(18)10-15(17)16(19)11-21-14-6-4-3-5-7-14/h3-10,12H,11H2,1-2H3. The fourth-order valence-corrected chi connectivity index (χ4v) is 2.80. The number of benzene rings is 2. The van der Waals surface area contributed by atoms with Gasteiger partial charge in [-0.1, -0.05) is 29.8 Å². The van der Waals surface area contributed by atoms with Gasteiger partial charge in [-0.25, -0.2) is 0 Å². The molecule has 0 radical (unpaired) electrons. The van der Waals surface area contributed by atoms with Gasteiger partial charge in [0.2, 0.25) is 0 Å². The molecule has 0 saturated carbocycles. The lowest BCUT2D eigenvalue weighted by Crippen LogP contribution is -2.11. The van der Waals surface area contributed by atoms with E-state index < -0.39 is 0 Å². The van der Waals surface area contributed by atoms with Crippen LogP contribution >= 0.6 is 23.4 Å². The van der Waals surface area contributed by atoms with Crippen molar-refractivity contribution in [3.05, 3.63) is 59.1 Å². The topological polar surface area (TPSA) is 26.3 Å². The van der Waals surface area contributed by atoms with Crippen LogP contribution in [0.2, 0.25) is 5.02 Å². The molecule has 0 heterocycles. The highest BCUT2D eigenvalue weighted by Crippen LogP contribution is 2.27. The molecule has 110 valence electrons. The van der Waals surface area contributed by atoms with Crippen molar-refractivity contribution in [2.45, 2.75) is 24.8 Å². The third kappa shape index (κ3) is 4.80. The van der Waals surface area contributed by atoms with Gasteiger partial charge in [0.15, 0.2) is 5.78 Å². The van der Waals surface area contributed by atoms with Crippen LogP contribution in [0, 0.1) is 0 Å². The van der Waals surface area contributed by atoms with Crippen LogP contribution in [0.1, 0.15) is 24.2 Å². The molecule has 0 fully saturated rings. The van der Waals surface area contributed by atoms with Gasteiger partial charge in [-0.3, -0.25) is 4.79 Å². The van der Waals surface area contributed by atoms with Gasteiger partial charge >= 0.3 is 0 Å². The summed E-state index contributed by atoms with van der Waals surface area (Å²) >= 11 is 7.51. The third-order valence-electron chi connectivity index (χ3n) is 2.72. The predicted molar refractivity (Wildman–Crippen MR) is 88.7 cm³/mol. The maximum absolute atomic E-state index is 12.4. The first-order chi connectivity index (χ1) is 10.1. The number of ketones is 1. The molecule has 0 aliphatic rings. The van der Waals surface area contributed by atoms with E-state index in [4.69, 9.17) is 16.3 Å². The zero-order valence-corrected chi connectivity index (χ0v) is 13.6. The Morgan fingerprint density at radius 2 is 1.90 bits per heavy atom. The molecule has 0 aliphatic heterocycles. The van der Waals surface area contributed by atoms with Crippen molar-refractivity contribution < 1.29 is 9.53 Å². The van der Waals surface area contributed by atoms with Crippen molar-refractivity contribution in [3.63, 3.8) is 0 Å². The second-order valence-corrected chi connectivity index (χ2v) is 6.32. The molecule has 21 heavy (non-hydrogen) atoms.